The zero-order chi connectivity index (χ0) is 16.8. The Morgan fingerprint density at radius 3 is 2.70 bits per heavy atom. The first-order valence-corrected chi connectivity index (χ1v) is 7.83. The van der Waals surface area contributed by atoms with Crippen molar-refractivity contribution >= 4 is 29.0 Å². The highest BCUT2D eigenvalue weighted by atomic mass is 35.5. The number of benzene rings is 1. The highest BCUT2D eigenvalue weighted by Crippen LogP contribution is 2.23. The molecule has 0 fully saturated rings. The third-order valence-corrected chi connectivity index (χ3v) is 3.71. The molecule has 1 aromatic carbocycles. The first-order valence-electron chi connectivity index (χ1n) is 7.45. The van der Waals surface area contributed by atoms with Gasteiger partial charge in [-0.15, -0.1) is 0 Å². The largest absolute Gasteiger partial charge is 0.382 e. The van der Waals surface area contributed by atoms with Crippen LogP contribution in [0.5, 0.6) is 0 Å². The fraction of sp³-hybridized carbons (Fsp3) is 0.375. The van der Waals surface area contributed by atoms with E-state index >= 15 is 0 Å². The van der Waals surface area contributed by atoms with Gasteiger partial charge in [-0.25, -0.2) is 0 Å². The number of hydrogen-bond donors (Lipinski definition) is 2. The first-order chi connectivity index (χ1) is 11.0. The van der Waals surface area contributed by atoms with E-state index in [1.165, 1.54) is 0 Å². The van der Waals surface area contributed by atoms with E-state index in [1.54, 1.807) is 30.1 Å². The molecule has 0 aliphatic heterocycles. The van der Waals surface area contributed by atoms with Crippen LogP contribution in [0.3, 0.4) is 0 Å². The van der Waals surface area contributed by atoms with Crippen molar-refractivity contribution in [3.63, 3.8) is 0 Å². The van der Waals surface area contributed by atoms with Crippen LogP contribution < -0.4 is 11.1 Å². The number of carbonyl (C=O) groups excluding carboxylic acids is 1. The number of carbonyl (C=O) groups is 1. The van der Waals surface area contributed by atoms with Gasteiger partial charge in [-0.05, 0) is 30.7 Å². The van der Waals surface area contributed by atoms with Crippen molar-refractivity contribution in [3.05, 3.63) is 41.0 Å². The molecule has 0 aliphatic rings. The number of ether oxygens (including phenoxy) is 1. The van der Waals surface area contributed by atoms with E-state index in [9.17, 15) is 4.79 Å². The average molecular weight is 337 g/mol. The minimum absolute atomic E-state index is 0.0591. The number of nitrogens with two attached hydrogens (primary N) is 1. The maximum absolute atomic E-state index is 11.7. The van der Waals surface area contributed by atoms with Crippen LogP contribution in [0.15, 0.2) is 30.5 Å². The molecule has 0 saturated carbocycles. The van der Waals surface area contributed by atoms with Crippen molar-refractivity contribution in [1.29, 1.82) is 0 Å². The van der Waals surface area contributed by atoms with Crippen LogP contribution in [0.4, 0.5) is 11.5 Å². The Morgan fingerprint density at radius 2 is 2.13 bits per heavy atom. The molecule has 1 heterocycles. The van der Waals surface area contributed by atoms with Gasteiger partial charge in [0.1, 0.15) is 5.56 Å². The van der Waals surface area contributed by atoms with Crippen molar-refractivity contribution < 1.29 is 9.53 Å². The second-order valence-electron chi connectivity index (χ2n) is 5.27. The molecular formula is C16H21ClN4O2. The SMILES string of the molecule is CCCC(COC)n1cc(C(N)=O)c(Nc2ccc(Cl)cc2)n1. The van der Waals surface area contributed by atoms with Crippen molar-refractivity contribution in [2.45, 2.75) is 25.8 Å². The number of aromatic nitrogens is 2. The lowest BCUT2D eigenvalue weighted by Crippen LogP contribution is -2.15. The maximum atomic E-state index is 11.7. The molecule has 23 heavy (non-hydrogen) atoms. The van der Waals surface area contributed by atoms with Gasteiger partial charge in [0.2, 0.25) is 0 Å². The second kappa shape index (κ2) is 7.99. The maximum Gasteiger partial charge on any atom is 0.254 e. The van der Waals surface area contributed by atoms with Crippen LogP contribution in [0.1, 0.15) is 36.2 Å². The van der Waals surface area contributed by atoms with Gasteiger partial charge in [-0.2, -0.15) is 5.10 Å². The number of rotatable bonds is 8. The highest BCUT2D eigenvalue weighted by Gasteiger charge is 2.18. The lowest BCUT2D eigenvalue weighted by Gasteiger charge is -2.15. The van der Waals surface area contributed by atoms with E-state index in [-0.39, 0.29) is 6.04 Å². The Kier molecular flexibility index (Phi) is 6.01. The quantitative estimate of drug-likeness (QED) is 0.774. The minimum atomic E-state index is -0.527. The van der Waals surface area contributed by atoms with E-state index in [2.05, 4.69) is 17.3 Å². The third-order valence-electron chi connectivity index (χ3n) is 3.46. The average Bonchev–Trinajstić information content (AvgIpc) is 2.93. The number of primary amides is 1. The number of halogens is 1. The van der Waals surface area contributed by atoms with Gasteiger partial charge in [0.05, 0.1) is 12.6 Å². The first kappa shape index (κ1) is 17.3. The molecule has 1 atom stereocenters. The Morgan fingerprint density at radius 1 is 1.43 bits per heavy atom. The molecule has 7 heteroatoms. The number of amides is 1. The van der Waals surface area contributed by atoms with Crippen molar-refractivity contribution in [2.75, 3.05) is 19.0 Å². The van der Waals surface area contributed by atoms with E-state index in [4.69, 9.17) is 22.1 Å². The topological polar surface area (TPSA) is 82.2 Å². The lowest BCUT2D eigenvalue weighted by molar-refractivity contribution is 0.100. The van der Waals surface area contributed by atoms with Gasteiger partial charge in [-0.3, -0.25) is 9.48 Å². The Labute approximate surface area is 140 Å². The van der Waals surface area contributed by atoms with E-state index in [1.807, 2.05) is 12.1 Å². The summed E-state index contributed by atoms with van der Waals surface area (Å²) in [4.78, 5) is 11.7. The van der Waals surface area contributed by atoms with Crippen LogP contribution >= 0.6 is 11.6 Å². The highest BCUT2D eigenvalue weighted by molar-refractivity contribution is 6.30. The minimum Gasteiger partial charge on any atom is -0.382 e. The summed E-state index contributed by atoms with van der Waals surface area (Å²) < 4.78 is 6.98. The lowest BCUT2D eigenvalue weighted by atomic mass is 10.2. The van der Waals surface area contributed by atoms with Gasteiger partial charge in [0.25, 0.3) is 5.91 Å². The number of hydrogen-bond acceptors (Lipinski definition) is 4. The molecule has 1 aromatic heterocycles. The van der Waals surface area contributed by atoms with Crippen molar-refractivity contribution in [2.24, 2.45) is 5.73 Å². The molecule has 6 nitrogen and oxygen atoms in total. The summed E-state index contributed by atoms with van der Waals surface area (Å²) in [6, 6.07) is 7.20. The molecule has 1 amide bonds. The van der Waals surface area contributed by atoms with E-state index < -0.39 is 5.91 Å². The van der Waals surface area contributed by atoms with E-state index in [0.717, 1.165) is 18.5 Å². The summed E-state index contributed by atoms with van der Waals surface area (Å²) in [6.07, 6.45) is 3.55. The van der Waals surface area contributed by atoms with Gasteiger partial charge >= 0.3 is 0 Å². The number of nitrogens with one attached hydrogen (secondary N) is 1. The van der Waals surface area contributed by atoms with Gasteiger partial charge in [0.15, 0.2) is 5.82 Å². The summed E-state index contributed by atoms with van der Waals surface area (Å²) in [5.41, 5.74) is 6.59. The van der Waals surface area contributed by atoms with Crippen LogP contribution in [-0.2, 0) is 4.74 Å². The molecular weight excluding hydrogens is 316 g/mol. The fourth-order valence-corrected chi connectivity index (χ4v) is 2.46. The molecule has 0 bridgehead atoms. The smallest absolute Gasteiger partial charge is 0.254 e. The van der Waals surface area contributed by atoms with Crippen molar-refractivity contribution in [3.8, 4) is 0 Å². The van der Waals surface area contributed by atoms with Crippen molar-refractivity contribution in [1.82, 2.24) is 9.78 Å². The third kappa shape index (κ3) is 4.46. The zero-order valence-corrected chi connectivity index (χ0v) is 14.0. The molecule has 1 unspecified atom stereocenters. The van der Waals surface area contributed by atoms with Gasteiger partial charge in [0, 0.05) is 24.0 Å². The molecule has 2 aromatic rings. The van der Waals surface area contributed by atoms with Crippen LogP contribution in [0.25, 0.3) is 0 Å². The molecule has 2 rings (SSSR count). The number of nitrogens with zero attached hydrogens (tertiary/aromatic N) is 2. The molecule has 0 saturated heterocycles. The summed E-state index contributed by atoms with van der Waals surface area (Å²) in [6.45, 7) is 2.61. The van der Waals surface area contributed by atoms with Crippen LogP contribution in [0.2, 0.25) is 5.02 Å². The normalized spacial score (nSPS) is 12.1. The summed E-state index contributed by atoms with van der Waals surface area (Å²) in [5.74, 6) is -0.0996. The second-order valence-corrected chi connectivity index (χ2v) is 5.70. The Balaban J connectivity index is 2.30. The zero-order valence-electron chi connectivity index (χ0n) is 13.3. The Bertz CT molecular complexity index is 649. The van der Waals surface area contributed by atoms with Crippen LogP contribution in [0, 0.1) is 0 Å². The molecule has 0 aliphatic carbocycles. The monoisotopic (exact) mass is 336 g/mol. The summed E-state index contributed by atoms with van der Waals surface area (Å²) >= 11 is 5.88. The Hall–Kier alpha value is -2.05. The number of anilines is 2. The standard InChI is InChI=1S/C16H21ClN4O2/c1-3-4-13(10-23-2)21-9-14(15(18)22)16(20-21)19-12-7-5-11(17)6-8-12/h5-9,13H,3-4,10H2,1-2H3,(H2,18,22)(H,19,20). The molecule has 3 N–H and O–H groups in total. The fourth-order valence-electron chi connectivity index (χ4n) is 2.34. The molecule has 0 spiro atoms. The molecule has 124 valence electrons. The van der Waals surface area contributed by atoms with E-state index in [0.29, 0.717) is 23.0 Å². The predicted octanol–water partition coefficient (Wildman–Crippen LogP) is 3.37. The van der Waals surface area contributed by atoms with Gasteiger partial charge in [-0.1, -0.05) is 24.9 Å². The van der Waals surface area contributed by atoms with Crippen LogP contribution in [-0.4, -0.2) is 29.4 Å². The summed E-state index contributed by atoms with van der Waals surface area (Å²) in [5, 5.41) is 8.23. The van der Waals surface area contributed by atoms with Gasteiger partial charge < -0.3 is 15.8 Å². The number of methoxy groups -OCH3 is 1. The molecule has 0 radical (unpaired) electrons. The predicted molar refractivity (Wildman–Crippen MR) is 91.3 cm³/mol. The summed E-state index contributed by atoms with van der Waals surface area (Å²) in [7, 11) is 1.65.